The molecule has 0 unspecified atom stereocenters. The fourth-order valence-electron chi connectivity index (χ4n) is 7.09. The van der Waals surface area contributed by atoms with Crippen LogP contribution in [0.15, 0.2) is 59.6 Å². The molecule has 2 aliphatic heterocycles. The molecule has 3 N–H and O–H groups in total. The van der Waals surface area contributed by atoms with Crippen LogP contribution < -0.4 is 16.0 Å². The lowest BCUT2D eigenvalue weighted by atomic mass is 9.84. The van der Waals surface area contributed by atoms with E-state index in [1.54, 1.807) is 0 Å². The summed E-state index contributed by atoms with van der Waals surface area (Å²) < 4.78 is 2.05. The molecule has 1 saturated carbocycles. The lowest BCUT2D eigenvalue weighted by molar-refractivity contribution is 0.0571. The number of nitrogens with one attached hydrogen (secondary N) is 3. The number of hydrogen-bond donors (Lipinski definition) is 3. The number of anilines is 1. The first-order chi connectivity index (χ1) is 20.8. The molecular formula is C35H44N8. The van der Waals surface area contributed by atoms with Gasteiger partial charge in [0.1, 0.15) is 0 Å². The molecule has 2 fully saturated rings. The van der Waals surface area contributed by atoms with Gasteiger partial charge in [0.2, 0.25) is 5.96 Å². The first kappa shape index (κ1) is 27.9. The van der Waals surface area contributed by atoms with E-state index in [-0.39, 0.29) is 0 Å². The van der Waals surface area contributed by atoms with Crippen LogP contribution >= 0.6 is 0 Å². The monoisotopic (exact) mass is 576 g/mol. The lowest BCUT2D eigenvalue weighted by Gasteiger charge is -2.46. The molecule has 0 radical (unpaired) electrons. The quantitative estimate of drug-likeness (QED) is 0.393. The normalized spacial score (nSPS) is 22.2. The van der Waals surface area contributed by atoms with Crippen molar-refractivity contribution >= 4 is 23.0 Å². The van der Waals surface area contributed by atoms with Crippen LogP contribution in [0.25, 0.3) is 22.7 Å². The van der Waals surface area contributed by atoms with Crippen molar-refractivity contribution in [1.29, 1.82) is 0 Å². The topological polar surface area (TPSA) is 72.8 Å². The maximum absolute atomic E-state index is 4.93. The minimum absolute atomic E-state index is 0.510. The standard InChI is InChI=1S/C35H44N8/c1-22-8-6-7-9-29(22)34-32-31(40-42(34)5)13-11-26-21-36-35(39-33(26)32)38-30-12-10-25(18-23(30)2)24(3)37-27-19-28(20-27)43-16-14-41(4)15-17-43/h6-10,12,18,27-28,37H,3,11,13-17,19-21H2,1-2,4-5H3,(H2,36,38,39). The molecule has 0 spiro atoms. The molecule has 3 aromatic rings. The van der Waals surface area contributed by atoms with Gasteiger partial charge in [-0.25, -0.2) is 4.99 Å². The highest BCUT2D eigenvalue weighted by Gasteiger charge is 2.35. The number of fused-ring (bicyclic) bond motifs is 2. The number of hydrogen-bond acceptors (Lipinski definition) is 7. The number of nitrogens with zero attached hydrogens (tertiary/aromatic N) is 5. The summed E-state index contributed by atoms with van der Waals surface area (Å²) in [7, 11) is 4.28. The summed E-state index contributed by atoms with van der Waals surface area (Å²) in [5.74, 6) is 0.781. The Bertz CT molecular complexity index is 1610. The number of aromatic nitrogens is 2. The number of guanidine groups is 1. The van der Waals surface area contributed by atoms with Crippen molar-refractivity contribution in [1.82, 2.24) is 30.2 Å². The summed E-state index contributed by atoms with van der Waals surface area (Å²) in [4.78, 5) is 9.98. The highest BCUT2D eigenvalue weighted by atomic mass is 15.3. The second-order valence-electron chi connectivity index (χ2n) is 12.8. The van der Waals surface area contributed by atoms with Crippen LogP contribution in [0.3, 0.4) is 0 Å². The molecule has 0 atom stereocenters. The second-order valence-corrected chi connectivity index (χ2v) is 12.8. The Morgan fingerprint density at radius 2 is 1.77 bits per heavy atom. The molecule has 2 aliphatic carbocycles. The minimum Gasteiger partial charge on any atom is -0.382 e. The van der Waals surface area contributed by atoms with E-state index in [4.69, 9.17) is 10.1 Å². The van der Waals surface area contributed by atoms with E-state index in [0.717, 1.165) is 47.1 Å². The maximum atomic E-state index is 4.93. The summed E-state index contributed by atoms with van der Waals surface area (Å²) in [5.41, 5.74) is 12.9. The Kier molecular flexibility index (Phi) is 7.35. The van der Waals surface area contributed by atoms with Gasteiger partial charge in [-0.2, -0.15) is 5.10 Å². The van der Waals surface area contributed by atoms with Gasteiger partial charge >= 0.3 is 0 Å². The third-order valence-corrected chi connectivity index (χ3v) is 9.83. The molecule has 1 saturated heterocycles. The van der Waals surface area contributed by atoms with Crippen molar-refractivity contribution in [2.75, 3.05) is 45.1 Å². The number of aryl methyl sites for hydroxylation is 4. The van der Waals surface area contributed by atoms with Crippen LogP contribution in [0.4, 0.5) is 5.69 Å². The van der Waals surface area contributed by atoms with E-state index < -0.39 is 0 Å². The fourth-order valence-corrected chi connectivity index (χ4v) is 7.09. The van der Waals surface area contributed by atoms with Gasteiger partial charge in [-0.1, -0.05) is 36.9 Å². The molecule has 224 valence electrons. The van der Waals surface area contributed by atoms with E-state index in [9.17, 15) is 0 Å². The molecule has 0 bridgehead atoms. The van der Waals surface area contributed by atoms with Gasteiger partial charge in [-0.3, -0.25) is 9.58 Å². The molecule has 1 aromatic heterocycles. The molecule has 7 rings (SSSR count). The Morgan fingerprint density at radius 3 is 2.53 bits per heavy atom. The molecular weight excluding hydrogens is 532 g/mol. The van der Waals surface area contributed by atoms with Crippen molar-refractivity contribution in [2.45, 2.75) is 51.6 Å². The Morgan fingerprint density at radius 1 is 0.977 bits per heavy atom. The van der Waals surface area contributed by atoms with Crippen LogP contribution in [-0.2, 0) is 13.5 Å². The molecule has 8 nitrogen and oxygen atoms in total. The summed E-state index contributed by atoms with van der Waals surface area (Å²) in [6, 6.07) is 16.3. The molecule has 3 heterocycles. The Balaban J connectivity index is 1.01. The average molecular weight is 577 g/mol. The van der Waals surface area contributed by atoms with Crippen molar-refractivity contribution < 1.29 is 0 Å². The first-order valence-electron chi connectivity index (χ1n) is 15.8. The smallest absolute Gasteiger partial charge is 0.200 e. The van der Waals surface area contributed by atoms with Crippen LogP contribution in [0.1, 0.15) is 47.2 Å². The maximum Gasteiger partial charge on any atom is 0.200 e. The molecule has 43 heavy (non-hydrogen) atoms. The minimum atomic E-state index is 0.510. The van der Waals surface area contributed by atoms with Gasteiger partial charge in [0, 0.05) is 67.8 Å². The SMILES string of the molecule is C=C(NC1CC(N2CCN(C)CC2)C1)c1ccc(NC2=NCC3=C(N2)c2c(nn(C)c2-c2ccccc2C)CC3)c(C)c1. The van der Waals surface area contributed by atoms with Gasteiger partial charge in [0.25, 0.3) is 0 Å². The van der Waals surface area contributed by atoms with Gasteiger partial charge in [-0.15, -0.1) is 0 Å². The van der Waals surface area contributed by atoms with Crippen LogP contribution in [-0.4, -0.2) is 77.4 Å². The van der Waals surface area contributed by atoms with Crippen LogP contribution in [0.5, 0.6) is 0 Å². The number of likely N-dealkylation sites (N-methyl/N-ethyl adjacent to an activating group) is 1. The fraction of sp³-hybridized carbons (Fsp3) is 0.429. The largest absolute Gasteiger partial charge is 0.382 e. The molecule has 8 heteroatoms. The number of rotatable bonds is 6. The van der Waals surface area contributed by atoms with Gasteiger partial charge < -0.3 is 20.9 Å². The van der Waals surface area contributed by atoms with Crippen molar-refractivity contribution in [3.05, 3.63) is 82.6 Å². The number of benzene rings is 2. The van der Waals surface area contributed by atoms with Gasteiger partial charge in [-0.05, 0) is 81.0 Å². The van der Waals surface area contributed by atoms with E-state index in [1.807, 2.05) is 4.68 Å². The van der Waals surface area contributed by atoms with E-state index >= 15 is 0 Å². The zero-order valence-corrected chi connectivity index (χ0v) is 26.0. The average Bonchev–Trinajstić information content (AvgIpc) is 3.32. The highest BCUT2D eigenvalue weighted by Crippen LogP contribution is 2.39. The molecule has 0 amide bonds. The summed E-state index contributed by atoms with van der Waals surface area (Å²) in [5, 5.41) is 15.9. The van der Waals surface area contributed by atoms with Crippen molar-refractivity contribution in [3.8, 4) is 11.3 Å². The highest BCUT2D eigenvalue weighted by molar-refractivity contribution is 6.03. The third-order valence-electron chi connectivity index (χ3n) is 9.83. The lowest BCUT2D eigenvalue weighted by Crippen LogP contribution is -2.57. The molecule has 4 aliphatic rings. The van der Waals surface area contributed by atoms with E-state index in [0.29, 0.717) is 18.6 Å². The van der Waals surface area contributed by atoms with E-state index in [2.05, 4.69) is 103 Å². The first-order valence-corrected chi connectivity index (χ1v) is 15.8. The van der Waals surface area contributed by atoms with Gasteiger partial charge in [0.05, 0.1) is 23.6 Å². The van der Waals surface area contributed by atoms with Crippen LogP contribution in [0, 0.1) is 13.8 Å². The number of aliphatic imine (C=N–C) groups is 1. The summed E-state index contributed by atoms with van der Waals surface area (Å²) >= 11 is 0. The predicted molar refractivity (Wildman–Crippen MR) is 177 cm³/mol. The third kappa shape index (κ3) is 5.38. The Labute approximate surface area is 255 Å². The van der Waals surface area contributed by atoms with Crippen molar-refractivity contribution in [2.24, 2.45) is 12.0 Å². The Hall–Kier alpha value is -3.88. The number of piperazine rings is 1. The predicted octanol–water partition coefficient (Wildman–Crippen LogP) is 4.77. The van der Waals surface area contributed by atoms with E-state index in [1.165, 1.54) is 72.5 Å². The zero-order valence-electron chi connectivity index (χ0n) is 26.0. The van der Waals surface area contributed by atoms with Crippen molar-refractivity contribution in [3.63, 3.8) is 0 Å². The van der Waals surface area contributed by atoms with Crippen LogP contribution in [0.2, 0.25) is 0 Å². The summed E-state index contributed by atoms with van der Waals surface area (Å²) in [6.07, 6.45) is 4.34. The summed E-state index contributed by atoms with van der Waals surface area (Å²) in [6.45, 7) is 14.1. The van der Waals surface area contributed by atoms with Gasteiger partial charge in [0.15, 0.2) is 0 Å². The zero-order chi connectivity index (χ0) is 29.7. The molecule has 2 aromatic carbocycles. The second kappa shape index (κ2) is 11.3.